The first-order valence-electron chi connectivity index (χ1n) is 5.76. The van der Waals surface area contributed by atoms with Crippen molar-refractivity contribution in [1.82, 2.24) is 5.43 Å². The predicted octanol–water partition coefficient (Wildman–Crippen LogP) is 3.11. The average molecular weight is 246 g/mol. The highest BCUT2D eigenvalue weighted by Crippen LogP contribution is 2.23. The summed E-state index contributed by atoms with van der Waals surface area (Å²) in [4.78, 5) is 1.35. The van der Waals surface area contributed by atoms with Gasteiger partial charge in [-0.3, -0.25) is 11.3 Å². The summed E-state index contributed by atoms with van der Waals surface area (Å²) in [5.74, 6) is 5.68. The molecule has 0 aliphatic heterocycles. The van der Waals surface area contributed by atoms with Gasteiger partial charge in [-0.05, 0) is 36.4 Å². The van der Waals surface area contributed by atoms with E-state index in [4.69, 9.17) is 5.84 Å². The second-order valence-corrected chi connectivity index (χ2v) is 5.40. The average Bonchev–Trinajstić information content (AvgIpc) is 2.79. The molecule has 1 unspecified atom stereocenters. The highest BCUT2D eigenvalue weighted by atomic mass is 32.1. The SMILES string of the molecule is Cc1ccc(C(Cc2cccs2)NN)c(C)c1. The normalized spacial score (nSPS) is 12.6. The molecule has 0 saturated carbocycles. The zero-order valence-corrected chi connectivity index (χ0v) is 11.1. The van der Waals surface area contributed by atoms with Crippen LogP contribution in [0.15, 0.2) is 35.7 Å². The molecular weight excluding hydrogens is 228 g/mol. The van der Waals surface area contributed by atoms with Crippen molar-refractivity contribution in [3.05, 3.63) is 57.3 Å². The first-order valence-corrected chi connectivity index (χ1v) is 6.64. The number of nitrogens with one attached hydrogen (secondary N) is 1. The summed E-state index contributed by atoms with van der Waals surface area (Å²) in [7, 11) is 0. The molecule has 3 N–H and O–H groups in total. The lowest BCUT2D eigenvalue weighted by Crippen LogP contribution is -2.29. The van der Waals surface area contributed by atoms with Gasteiger partial charge in [-0.2, -0.15) is 0 Å². The Balaban J connectivity index is 2.23. The van der Waals surface area contributed by atoms with E-state index in [1.807, 2.05) is 0 Å². The summed E-state index contributed by atoms with van der Waals surface area (Å²) >= 11 is 1.77. The lowest BCUT2D eigenvalue weighted by atomic mass is 9.97. The largest absolute Gasteiger partial charge is 0.271 e. The van der Waals surface area contributed by atoms with Crippen molar-refractivity contribution in [1.29, 1.82) is 0 Å². The van der Waals surface area contributed by atoms with Crippen molar-refractivity contribution in [2.45, 2.75) is 26.3 Å². The van der Waals surface area contributed by atoms with Crippen molar-refractivity contribution < 1.29 is 0 Å². The molecule has 1 atom stereocenters. The number of hydrazine groups is 1. The van der Waals surface area contributed by atoms with Crippen LogP contribution in [-0.2, 0) is 6.42 Å². The third-order valence-electron chi connectivity index (χ3n) is 2.99. The van der Waals surface area contributed by atoms with E-state index >= 15 is 0 Å². The van der Waals surface area contributed by atoms with Crippen LogP contribution in [0.1, 0.15) is 27.6 Å². The Hall–Kier alpha value is -1.16. The fourth-order valence-corrected chi connectivity index (χ4v) is 2.86. The third kappa shape index (κ3) is 2.94. The van der Waals surface area contributed by atoms with Crippen LogP contribution in [0.5, 0.6) is 0 Å². The van der Waals surface area contributed by atoms with Crippen LogP contribution in [0, 0.1) is 13.8 Å². The molecule has 0 fully saturated rings. The highest BCUT2D eigenvalue weighted by Gasteiger charge is 2.13. The molecule has 3 heteroatoms. The Morgan fingerprint density at radius 2 is 2.12 bits per heavy atom. The van der Waals surface area contributed by atoms with E-state index < -0.39 is 0 Å². The summed E-state index contributed by atoms with van der Waals surface area (Å²) in [6.07, 6.45) is 0.943. The lowest BCUT2D eigenvalue weighted by Gasteiger charge is -2.18. The summed E-state index contributed by atoms with van der Waals surface area (Å²) in [5.41, 5.74) is 6.79. The van der Waals surface area contributed by atoms with E-state index in [1.54, 1.807) is 11.3 Å². The van der Waals surface area contributed by atoms with Crippen molar-refractivity contribution in [3.63, 3.8) is 0 Å². The summed E-state index contributed by atoms with van der Waals surface area (Å²) in [5, 5.41) is 2.10. The zero-order valence-electron chi connectivity index (χ0n) is 10.2. The number of benzene rings is 1. The Morgan fingerprint density at radius 1 is 1.29 bits per heavy atom. The quantitative estimate of drug-likeness (QED) is 0.642. The molecule has 0 spiro atoms. The molecule has 1 aromatic heterocycles. The van der Waals surface area contributed by atoms with Crippen LogP contribution in [0.3, 0.4) is 0 Å². The molecule has 0 radical (unpaired) electrons. The zero-order chi connectivity index (χ0) is 12.3. The second kappa shape index (κ2) is 5.45. The van der Waals surface area contributed by atoms with Crippen LogP contribution in [-0.4, -0.2) is 0 Å². The van der Waals surface area contributed by atoms with Crippen LogP contribution >= 0.6 is 11.3 Å². The molecule has 1 aromatic carbocycles. The van der Waals surface area contributed by atoms with Gasteiger partial charge in [0.1, 0.15) is 0 Å². The second-order valence-electron chi connectivity index (χ2n) is 4.36. The Bertz CT molecular complexity index is 477. The van der Waals surface area contributed by atoms with Crippen molar-refractivity contribution in [3.8, 4) is 0 Å². The van der Waals surface area contributed by atoms with Gasteiger partial charge in [0, 0.05) is 11.3 Å². The predicted molar refractivity (Wildman–Crippen MR) is 74.0 cm³/mol. The Labute approximate surface area is 106 Å². The standard InChI is InChI=1S/C14H18N2S/c1-10-5-6-13(11(2)8-10)14(16-15)9-12-4-3-7-17-12/h3-8,14,16H,9,15H2,1-2H3. The molecule has 0 aliphatic rings. The van der Waals surface area contributed by atoms with Gasteiger partial charge in [0.25, 0.3) is 0 Å². The third-order valence-corrected chi connectivity index (χ3v) is 3.89. The van der Waals surface area contributed by atoms with Gasteiger partial charge in [-0.15, -0.1) is 11.3 Å². The maximum atomic E-state index is 5.68. The molecule has 0 saturated heterocycles. The highest BCUT2D eigenvalue weighted by molar-refractivity contribution is 7.09. The van der Waals surface area contributed by atoms with Gasteiger partial charge in [0.15, 0.2) is 0 Å². The minimum absolute atomic E-state index is 0.189. The van der Waals surface area contributed by atoms with E-state index in [2.05, 4.69) is 55.0 Å². The van der Waals surface area contributed by atoms with E-state index in [0.717, 1.165) is 6.42 Å². The van der Waals surface area contributed by atoms with Gasteiger partial charge in [0.2, 0.25) is 0 Å². The fraction of sp³-hybridized carbons (Fsp3) is 0.286. The van der Waals surface area contributed by atoms with Crippen LogP contribution < -0.4 is 11.3 Å². The van der Waals surface area contributed by atoms with E-state index in [9.17, 15) is 0 Å². The number of rotatable bonds is 4. The smallest absolute Gasteiger partial charge is 0.0510 e. The molecule has 1 heterocycles. The maximum absolute atomic E-state index is 5.68. The summed E-state index contributed by atoms with van der Waals surface area (Å²) in [6, 6.07) is 10.9. The first-order chi connectivity index (χ1) is 8.20. The minimum Gasteiger partial charge on any atom is -0.271 e. The van der Waals surface area contributed by atoms with E-state index in [0.29, 0.717) is 0 Å². The number of nitrogens with two attached hydrogens (primary N) is 1. The van der Waals surface area contributed by atoms with Crippen molar-refractivity contribution in [2.24, 2.45) is 5.84 Å². The molecule has 90 valence electrons. The monoisotopic (exact) mass is 246 g/mol. The molecule has 2 rings (SSSR count). The molecule has 0 bridgehead atoms. The van der Waals surface area contributed by atoms with Crippen LogP contribution in [0.2, 0.25) is 0 Å². The molecule has 2 nitrogen and oxygen atoms in total. The van der Waals surface area contributed by atoms with Crippen LogP contribution in [0.4, 0.5) is 0 Å². The molecule has 0 amide bonds. The summed E-state index contributed by atoms with van der Waals surface area (Å²) < 4.78 is 0. The Morgan fingerprint density at radius 3 is 2.71 bits per heavy atom. The van der Waals surface area contributed by atoms with Crippen LogP contribution in [0.25, 0.3) is 0 Å². The van der Waals surface area contributed by atoms with E-state index in [-0.39, 0.29) is 6.04 Å². The van der Waals surface area contributed by atoms with Gasteiger partial charge in [0.05, 0.1) is 6.04 Å². The van der Waals surface area contributed by atoms with Gasteiger partial charge >= 0.3 is 0 Å². The minimum atomic E-state index is 0.189. The maximum Gasteiger partial charge on any atom is 0.0510 e. The topological polar surface area (TPSA) is 38.0 Å². The van der Waals surface area contributed by atoms with Crippen molar-refractivity contribution >= 4 is 11.3 Å². The fourth-order valence-electron chi connectivity index (χ4n) is 2.11. The summed E-state index contributed by atoms with van der Waals surface area (Å²) in [6.45, 7) is 4.25. The first kappa shape index (κ1) is 12.3. The molecular formula is C14H18N2S. The molecule has 17 heavy (non-hydrogen) atoms. The molecule has 0 aliphatic carbocycles. The number of hydrogen-bond donors (Lipinski definition) is 2. The van der Waals surface area contributed by atoms with Crippen molar-refractivity contribution in [2.75, 3.05) is 0 Å². The van der Waals surface area contributed by atoms with Gasteiger partial charge in [-0.25, -0.2) is 0 Å². The van der Waals surface area contributed by atoms with Gasteiger partial charge in [-0.1, -0.05) is 29.8 Å². The Kier molecular flexibility index (Phi) is 3.94. The number of aryl methyl sites for hydroxylation is 2. The number of hydrogen-bond acceptors (Lipinski definition) is 3. The van der Waals surface area contributed by atoms with Gasteiger partial charge < -0.3 is 0 Å². The molecule has 2 aromatic rings. The number of thiophene rings is 1. The van der Waals surface area contributed by atoms with E-state index in [1.165, 1.54) is 21.6 Å². The lowest BCUT2D eigenvalue weighted by molar-refractivity contribution is 0.553.